The predicted molar refractivity (Wildman–Crippen MR) is 121 cm³/mol. The second-order valence-corrected chi connectivity index (χ2v) is 8.62. The molecule has 2 amide bonds. The van der Waals surface area contributed by atoms with Crippen molar-refractivity contribution < 1.29 is 14.0 Å². The fourth-order valence-electron chi connectivity index (χ4n) is 3.12. The van der Waals surface area contributed by atoms with Crippen LogP contribution in [-0.4, -0.2) is 35.8 Å². The monoisotopic (exact) mass is 483 g/mol. The van der Waals surface area contributed by atoms with E-state index in [1.165, 1.54) is 4.90 Å². The number of aromatic nitrogens is 1. The van der Waals surface area contributed by atoms with Gasteiger partial charge in [-0.05, 0) is 52.3 Å². The molecule has 4 rings (SSSR count). The van der Waals surface area contributed by atoms with Crippen molar-refractivity contribution in [2.75, 3.05) is 19.0 Å². The van der Waals surface area contributed by atoms with Gasteiger partial charge in [-0.15, -0.1) is 11.3 Å². The molecule has 0 aliphatic rings. The molecule has 0 bridgehead atoms. The van der Waals surface area contributed by atoms with Gasteiger partial charge in [0.05, 0.1) is 28.0 Å². The third-order valence-corrected chi connectivity index (χ3v) is 6.09. The fraction of sp³-hybridized carbons (Fsp3) is 0.136. The number of para-hydroxylation sites is 2. The first-order chi connectivity index (χ1) is 14.4. The molecule has 0 atom stereocenters. The topological polar surface area (TPSA) is 66.7 Å². The Morgan fingerprint density at radius 3 is 2.47 bits per heavy atom. The summed E-state index contributed by atoms with van der Waals surface area (Å²) in [5.74, 6) is -0.339. The van der Waals surface area contributed by atoms with E-state index in [1.807, 2.05) is 24.3 Å². The zero-order chi connectivity index (χ0) is 21.3. The number of carbonyl (C=O) groups excluding carboxylic acids is 2. The Labute approximate surface area is 185 Å². The molecule has 2 aromatic heterocycles. The largest absolute Gasteiger partial charge is 0.444 e. The smallest absolute Gasteiger partial charge is 0.293 e. The summed E-state index contributed by atoms with van der Waals surface area (Å²) in [6.45, 7) is 0.384. The molecule has 0 radical (unpaired) electrons. The molecule has 152 valence electrons. The van der Waals surface area contributed by atoms with Gasteiger partial charge in [-0.2, -0.15) is 0 Å². The molecule has 4 aromatic rings. The Morgan fingerprint density at radius 1 is 1.00 bits per heavy atom. The van der Waals surface area contributed by atoms with E-state index in [-0.39, 0.29) is 17.6 Å². The lowest BCUT2D eigenvalue weighted by molar-refractivity contribution is 0.0785. The molecular weight excluding hydrogens is 466 g/mol. The molecule has 0 N–H and O–H groups in total. The first-order valence-electron chi connectivity index (χ1n) is 9.16. The first-order valence-corrected chi connectivity index (χ1v) is 10.8. The van der Waals surface area contributed by atoms with Crippen molar-refractivity contribution >= 4 is 55.0 Å². The molecule has 0 aliphatic carbocycles. The Morgan fingerprint density at radius 2 is 1.73 bits per heavy atom. The summed E-state index contributed by atoms with van der Waals surface area (Å²) in [6, 6.07) is 18.2. The third-order valence-electron chi connectivity index (χ3n) is 4.64. The van der Waals surface area contributed by atoms with E-state index in [4.69, 9.17) is 4.42 Å². The fourth-order valence-corrected chi connectivity index (χ4v) is 4.45. The van der Waals surface area contributed by atoms with E-state index in [0.717, 1.165) is 15.2 Å². The molecule has 30 heavy (non-hydrogen) atoms. The Bertz CT molecular complexity index is 1200. The summed E-state index contributed by atoms with van der Waals surface area (Å²) in [6.07, 6.45) is 0. The van der Waals surface area contributed by atoms with Gasteiger partial charge >= 0.3 is 0 Å². The first kappa shape index (κ1) is 20.3. The SMILES string of the molecule is CN(Cc1nc2ccccc2s1)C(=O)c1ccccc1N(C)C(=O)c1ccc(Br)o1. The molecule has 0 aliphatic heterocycles. The highest BCUT2D eigenvalue weighted by Crippen LogP contribution is 2.26. The van der Waals surface area contributed by atoms with E-state index in [1.54, 1.807) is 66.7 Å². The van der Waals surface area contributed by atoms with Gasteiger partial charge in [0.25, 0.3) is 11.8 Å². The number of rotatable bonds is 5. The summed E-state index contributed by atoms with van der Waals surface area (Å²) < 4.78 is 6.92. The molecule has 0 spiro atoms. The summed E-state index contributed by atoms with van der Waals surface area (Å²) >= 11 is 4.77. The van der Waals surface area contributed by atoms with Crippen LogP contribution in [-0.2, 0) is 6.54 Å². The maximum Gasteiger partial charge on any atom is 0.293 e. The van der Waals surface area contributed by atoms with Crippen molar-refractivity contribution in [2.45, 2.75) is 6.54 Å². The lowest BCUT2D eigenvalue weighted by Gasteiger charge is -2.22. The average molecular weight is 484 g/mol. The van der Waals surface area contributed by atoms with Crippen molar-refractivity contribution in [3.05, 3.63) is 81.7 Å². The highest BCUT2D eigenvalue weighted by molar-refractivity contribution is 9.10. The van der Waals surface area contributed by atoms with E-state index in [2.05, 4.69) is 20.9 Å². The molecule has 0 saturated heterocycles. The second kappa shape index (κ2) is 8.41. The van der Waals surface area contributed by atoms with Crippen LogP contribution in [0.4, 0.5) is 5.69 Å². The number of hydrogen-bond donors (Lipinski definition) is 0. The van der Waals surface area contributed by atoms with Gasteiger partial charge in [-0.1, -0.05) is 24.3 Å². The number of thiazole rings is 1. The van der Waals surface area contributed by atoms with Crippen molar-refractivity contribution in [1.29, 1.82) is 0 Å². The van der Waals surface area contributed by atoms with Gasteiger partial charge in [0, 0.05) is 14.1 Å². The van der Waals surface area contributed by atoms with Gasteiger partial charge in [-0.25, -0.2) is 4.98 Å². The van der Waals surface area contributed by atoms with Gasteiger partial charge in [0.2, 0.25) is 0 Å². The maximum atomic E-state index is 13.2. The van der Waals surface area contributed by atoms with Crippen LogP contribution in [0, 0.1) is 0 Å². The number of amides is 2. The summed E-state index contributed by atoms with van der Waals surface area (Å²) in [7, 11) is 3.36. The van der Waals surface area contributed by atoms with Gasteiger partial charge in [0.15, 0.2) is 10.4 Å². The highest BCUT2D eigenvalue weighted by atomic mass is 79.9. The van der Waals surface area contributed by atoms with Crippen LogP contribution in [0.2, 0.25) is 0 Å². The number of fused-ring (bicyclic) bond motifs is 1. The minimum absolute atomic E-state index is 0.189. The van der Waals surface area contributed by atoms with Crippen LogP contribution in [0.1, 0.15) is 25.9 Å². The number of furan rings is 1. The van der Waals surface area contributed by atoms with Crippen LogP contribution in [0.15, 0.2) is 69.8 Å². The zero-order valence-electron chi connectivity index (χ0n) is 16.3. The second-order valence-electron chi connectivity index (χ2n) is 6.72. The minimum Gasteiger partial charge on any atom is -0.444 e. The molecular formula is C22H18BrN3O3S. The number of nitrogens with zero attached hydrogens (tertiary/aromatic N) is 3. The number of anilines is 1. The summed E-state index contributed by atoms with van der Waals surface area (Å²) in [4.78, 5) is 33.6. The van der Waals surface area contributed by atoms with Crippen molar-refractivity contribution in [3.8, 4) is 0 Å². The van der Waals surface area contributed by atoms with Crippen LogP contribution < -0.4 is 4.90 Å². The van der Waals surface area contributed by atoms with Gasteiger partial charge in [0.1, 0.15) is 5.01 Å². The molecule has 0 fully saturated rings. The molecule has 6 nitrogen and oxygen atoms in total. The zero-order valence-corrected chi connectivity index (χ0v) is 18.7. The summed E-state index contributed by atoms with van der Waals surface area (Å²) in [5.41, 5.74) is 1.87. The highest BCUT2D eigenvalue weighted by Gasteiger charge is 2.23. The Hall–Kier alpha value is -2.97. The normalized spacial score (nSPS) is 10.9. The molecule has 8 heteroatoms. The van der Waals surface area contributed by atoms with Gasteiger partial charge in [-0.3, -0.25) is 9.59 Å². The molecule has 0 saturated carbocycles. The van der Waals surface area contributed by atoms with E-state index >= 15 is 0 Å². The van der Waals surface area contributed by atoms with Crippen molar-refractivity contribution in [1.82, 2.24) is 9.88 Å². The average Bonchev–Trinajstić information content (AvgIpc) is 3.37. The van der Waals surface area contributed by atoms with Crippen LogP contribution in [0.25, 0.3) is 10.2 Å². The van der Waals surface area contributed by atoms with Crippen molar-refractivity contribution in [2.24, 2.45) is 0 Å². The molecule has 2 aromatic carbocycles. The van der Waals surface area contributed by atoms with Crippen LogP contribution >= 0.6 is 27.3 Å². The number of hydrogen-bond acceptors (Lipinski definition) is 5. The lowest BCUT2D eigenvalue weighted by Crippen LogP contribution is -2.31. The number of benzene rings is 2. The van der Waals surface area contributed by atoms with E-state index < -0.39 is 0 Å². The maximum absolute atomic E-state index is 13.2. The lowest BCUT2D eigenvalue weighted by atomic mass is 10.1. The predicted octanol–water partition coefficient (Wildman–Crippen LogP) is 5.20. The molecule has 2 heterocycles. The standard InChI is InChI=1S/C22H18BrN3O3S/c1-25(13-20-24-15-8-4-6-10-18(15)30-20)21(27)14-7-3-5-9-16(14)26(2)22(28)17-11-12-19(23)29-17/h3-12H,13H2,1-2H3. The van der Waals surface area contributed by atoms with E-state index in [9.17, 15) is 9.59 Å². The molecule has 0 unspecified atom stereocenters. The van der Waals surface area contributed by atoms with Crippen LogP contribution in [0.5, 0.6) is 0 Å². The van der Waals surface area contributed by atoms with Crippen LogP contribution in [0.3, 0.4) is 0 Å². The quantitative estimate of drug-likeness (QED) is 0.391. The van der Waals surface area contributed by atoms with Gasteiger partial charge < -0.3 is 14.2 Å². The minimum atomic E-state index is -0.338. The number of halogens is 1. The van der Waals surface area contributed by atoms with Crippen molar-refractivity contribution in [3.63, 3.8) is 0 Å². The third kappa shape index (κ3) is 4.01. The Balaban J connectivity index is 1.57. The number of carbonyl (C=O) groups is 2. The van der Waals surface area contributed by atoms with E-state index in [0.29, 0.717) is 22.5 Å². The summed E-state index contributed by atoms with van der Waals surface area (Å²) in [5, 5.41) is 0.856. The Kier molecular flexibility index (Phi) is 5.69.